The van der Waals surface area contributed by atoms with Crippen LogP contribution in [0.2, 0.25) is 5.02 Å². The number of benzene rings is 2. The summed E-state index contributed by atoms with van der Waals surface area (Å²) in [6.07, 6.45) is 2.41. The van der Waals surface area contributed by atoms with Crippen LogP contribution in [0.3, 0.4) is 0 Å². The van der Waals surface area contributed by atoms with Gasteiger partial charge in [-0.2, -0.15) is 0 Å². The highest BCUT2D eigenvalue weighted by molar-refractivity contribution is 6.31. The van der Waals surface area contributed by atoms with Crippen molar-refractivity contribution in [3.05, 3.63) is 64.9 Å². The molecule has 0 aliphatic carbocycles. The van der Waals surface area contributed by atoms with Gasteiger partial charge in [-0.3, -0.25) is 14.6 Å². The Morgan fingerprint density at radius 3 is 2.58 bits per heavy atom. The molecule has 0 unspecified atom stereocenters. The maximum Gasteiger partial charge on any atom is 0.220 e. The summed E-state index contributed by atoms with van der Waals surface area (Å²) < 4.78 is 19.4. The maximum absolute atomic E-state index is 14.3. The first kappa shape index (κ1) is 26.9. The topological polar surface area (TPSA) is 48.1 Å². The van der Waals surface area contributed by atoms with Gasteiger partial charge in [0.05, 0.1) is 12.3 Å². The third-order valence-corrected chi connectivity index (χ3v) is 7.85. The van der Waals surface area contributed by atoms with Gasteiger partial charge in [-0.1, -0.05) is 41.9 Å². The van der Waals surface area contributed by atoms with Crippen LogP contribution in [0.25, 0.3) is 0 Å². The molecule has 0 spiro atoms. The Balaban J connectivity index is 1.38. The van der Waals surface area contributed by atoms with Gasteiger partial charge in [-0.15, -0.1) is 0 Å². The van der Waals surface area contributed by atoms with E-state index in [0.717, 1.165) is 69.2 Å². The van der Waals surface area contributed by atoms with E-state index in [2.05, 4.69) is 26.1 Å². The molecule has 2 aromatic carbocycles. The highest BCUT2D eigenvalue weighted by Gasteiger charge is 2.35. The first-order chi connectivity index (χ1) is 17.5. The Hall–Kier alpha value is -2.19. The van der Waals surface area contributed by atoms with E-state index in [1.807, 2.05) is 30.3 Å². The van der Waals surface area contributed by atoms with Crippen molar-refractivity contribution in [2.75, 3.05) is 64.4 Å². The molecule has 4 rings (SSSR count). The van der Waals surface area contributed by atoms with E-state index in [1.54, 1.807) is 13.2 Å². The molecule has 196 valence electrons. The molecule has 0 bridgehead atoms. The zero-order chi connectivity index (χ0) is 25.3. The summed E-state index contributed by atoms with van der Waals surface area (Å²) in [6.45, 7) is 7.25. The van der Waals surface area contributed by atoms with Crippen LogP contribution < -0.4 is 10.2 Å². The van der Waals surface area contributed by atoms with Gasteiger partial charge >= 0.3 is 0 Å². The number of methoxy groups -OCH3 is 1. The van der Waals surface area contributed by atoms with Crippen molar-refractivity contribution in [3.63, 3.8) is 0 Å². The minimum Gasteiger partial charge on any atom is -0.383 e. The second kappa shape index (κ2) is 13.4. The number of hydrogen-bond acceptors (Lipinski definition) is 5. The summed E-state index contributed by atoms with van der Waals surface area (Å²) in [5.74, 6) is 0.309. The van der Waals surface area contributed by atoms with Crippen molar-refractivity contribution in [2.45, 2.75) is 31.8 Å². The van der Waals surface area contributed by atoms with Gasteiger partial charge in [-0.25, -0.2) is 4.39 Å². The first-order valence-corrected chi connectivity index (χ1v) is 13.4. The van der Waals surface area contributed by atoms with E-state index < -0.39 is 0 Å². The van der Waals surface area contributed by atoms with Crippen molar-refractivity contribution in [1.82, 2.24) is 15.1 Å². The number of piperazine rings is 1. The Morgan fingerprint density at radius 2 is 1.83 bits per heavy atom. The monoisotopic (exact) mass is 516 g/mol. The molecule has 2 aromatic rings. The molecule has 2 aliphatic rings. The lowest BCUT2D eigenvalue weighted by Crippen LogP contribution is -2.56. The minimum atomic E-state index is -0.156. The van der Waals surface area contributed by atoms with Crippen LogP contribution >= 0.6 is 11.6 Å². The largest absolute Gasteiger partial charge is 0.383 e. The van der Waals surface area contributed by atoms with E-state index in [1.165, 1.54) is 6.07 Å². The van der Waals surface area contributed by atoms with E-state index >= 15 is 0 Å². The summed E-state index contributed by atoms with van der Waals surface area (Å²) >= 11 is 6.44. The molecule has 0 radical (unpaired) electrons. The lowest BCUT2D eigenvalue weighted by molar-refractivity contribution is -0.121. The van der Waals surface area contributed by atoms with Gasteiger partial charge in [0.15, 0.2) is 0 Å². The lowest BCUT2D eigenvalue weighted by atomic mass is 9.86. The van der Waals surface area contributed by atoms with Crippen LogP contribution in [0.15, 0.2) is 48.5 Å². The number of hydrogen-bond donors (Lipinski definition) is 1. The van der Waals surface area contributed by atoms with Gasteiger partial charge < -0.3 is 15.0 Å². The number of halogens is 2. The minimum absolute atomic E-state index is 0.0819. The summed E-state index contributed by atoms with van der Waals surface area (Å²) in [7, 11) is 1.64. The number of para-hydroxylation sites is 1. The average Bonchev–Trinajstić information content (AvgIpc) is 2.90. The molecule has 2 atom stereocenters. The molecule has 8 heteroatoms. The van der Waals surface area contributed by atoms with Crippen molar-refractivity contribution in [2.24, 2.45) is 5.92 Å². The third-order valence-electron chi connectivity index (χ3n) is 7.48. The smallest absolute Gasteiger partial charge is 0.220 e. The van der Waals surface area contributed by atoms with Crippen LogP contribution in [0.4, 0.5) is 10.1 Å². The molecular formula is C28H38ClFN4O2. The molecule has 2 saturated heterocycles. The van der Waals surface area contributed by atoms with Gasteiger partial charge in [0, 0.05) is 70.4 Å². The molecular weight excluding hydrogens is 479 g/mol. The number of carbonyl (C=O) groups excluding carboxylic acids is 1. The summed E-state index contributed by atoms with van der Waals surface area (Å²) in [4.78, 5) is 19.6. The molecule has 36 heavy (non-hydrogen) atoms. The van der Waals surface area contributed by atoms with Crippen LogP contribution in [0.5, 0.6) is 0 Å². The molecule has 1 N–H and O–H groups in total. The number of ether oxygens (including phenoxy) is 1. The fourth-order valence-corrected chi connectivity index (χ4v) is 5.77. The van der Waals surface area contributed by atoms with Crippen molar-refractivity contribution in [3.8, 4) is 0 Å². The van der Waals surface area contributed by atoms with E-state index in [4.69, 9.17) is 16.3 Å². The Kier molecular flexibility index (Phi) is 9.98. The Labute approximate surface area is 219 Å². The van der Waals surface area contributed by atoms with E-state index in [-0.39, 0.29) is 11.7 Å². The number of piperidine rings is 1. The zero-order valence-electron chi connectivity index (χ0n) is 21.2. The maximum atomic E-state index is 14.3. The molecule has 6 nitrogen and oxygen atoms in total. The number of likely N-dealkylation sites (tertiary alicyclic amines) is 1. The number of amides is 1. The van der Waals surface area contributed by atoms with Crippen molar-refractivity contribution >= 4 is 23.2 Å². The molecule has 0 aromatic heterocycles. The van der Waals surface area contributed by atoms with Crippen LogP contribution in [0, 0.1) is 11.7 Å². The predicted molar refractivity (Wildman–Crippen MR) is 143 cm³/mol. The van der Waals surface area contributed by atoms with Gasteiger partial charge in [0.1, 0.15) is 5.82 Å². The number of carbonyl (C=O) groups is 1. The number of rotatable bonds is 10. The Bertz CT molecular complexity index is 986. The van der Waals surface area contributed by atoms with Crippen LogP contribution in [-0.4, -0.2) is 81.3 Å². The molecule has 2 fully saturated rings. The number of nitrogens with zero attached hydrogens (tertiary/aromatic N) is 3. The third kappa shape index (κ3) is 7.19. The fraction of sp³-hybridized carbons (Fsp3) is 0.536. The quantitative estimate of drug-likeness (QED) is 0.483. The van der Waals surface area contributed by atoms with Crippen molar-refractivity contribution in [1.29, 1.82) is 0 Å². The lowest BCUT2D eigenvalue weighted by Gasteiger charge is -2.47. The highest BCUT2D eigenvalue weighted by Crippen LogP contribution is 2.30. The SMILES string of the molecule is COCCNC(=O)CC[C@H]1CN(Cc2ccccc2Cl)CC[C@H]1N1CCN(c2ccccc2F)CC1. The second-order valence-corrected chi connectivity index (χ2v) is 10.2. The number of nitrogens with one attached hydrogen (secondary N) is 1. The molecule has 1 amide bonds. The van der Waals surface area contributed by atoms with Gasteiger partial charge in [-0.05, 0) is 49.1 Å². The highest BCUT2D eigenvalue weighted by atomic mass is 35.5. The van der Waals surface area contributed by atoms with Crippen LogP contribution in [0.1, 0.15) is 24.8 Å². The Morgan fingerprint density at radius 1 is 1.08 bits per heavy atom. The summed E-state index contributed by atoms with van der Waals surface area (Å²) in [5, 5.41) is 3.76. The average molecular weight is 517 g/mol. The first-order valence-electron chi connectivity index (χ1n) is 13.0. The van der Waals surface area contributed by atoms with E-state index in [0.29, 0.717) is 37.2 Å². The van der Waals surface area contributed by atoms with Crippen LogP contribution in [-0.2, 0) is 16.1 Å². The molecule has 2 heterocycles. The number of anilines is 1. The standard InChI is InChI=1S/C28H38ClFN4O2/c1-36-19-13-31-28(35)11-10-23-21-32(20-22-6-2-3-7-24(22)29)14-12-26(23)33-15-17-34(18-16-33)27-9-5-4-8-25(27)30/h2-9,23,26H,10-21H2,1H3,(H,31,35)/t23-,26+/m0/s1. The zero-order valence-corrected chi connectivity index (χ0v) is 21.9. The normalized spacial score (nSPS) is 21.5. The predicted octanol–water partition coefficient (Wildman–Crippen LogP) is 4.03. The second-order valence-electron chi connectivity index (χ2n) is 9.80. The fourth-order valence-electron chi connectivity index (χ4n) is 5.57. The van der Waals surface area contributed by atoms with E-state index in [9.17, 15) is 9.18 Å². The summed E-state index contributed by atoms with van der Waals surface area (Å²) in [6, 6.07) is 15.5. The van der Waals surface area contributed by atoms with Gasteiger partial charge in [0.2, 0.25) is 5.91 Å². The van der Waals surface area contributed by atoms with Gasteiger partial charge in [0.25, 0.3) is 0 Å². The molecule has 0 saturated carbocycles. The van der Waals surface area contributed by atoms with Crippen molar-refractivity contribution < 1.29 is 13.9 Å². The molecule has 2 aliphatic heterocycles. The summed E-state index contributed by atoms with van der Waals surface area (Å²) in [5.41, 5.74) is 1.84.